The third-order valence-corrected chi connectivity index (χ3v) is 5.63. The summed E-state index contributed by atoms with van der Waals surface area (Å²) in [6, 6.07) is 1.33. The summed E-state index contributed by atoms with van der Waals surface area (Å²) in [4.78, 5) is 28.0. The lowest BCUT2D eigenvalue weighted by Crippen LogP contribution is -2.51. The number of hydrogen-bond acceptors (Lipinski definition) is 5. The summed E-state index contributed by atoms with van der Waals surface area (Å²) >= 11 is 6.08. The summed E-state index contributed by atoms with van der Waals surface area (Å²) in [7, 11) is 0. The zero-order chi connectivity index (χ0) is 21.8. The van der Waals surface area contributed by atoms with E-state index in [4.69, 9.17) is 11.6 Å². The maximum atomic E-state index is 14.6. The summed E-state index contributed by atoms with van der Waals surface area (Å²) in [5.74, 6) is -0.0678. The fourth-order valence-corrected chi connectivity index (χ4v) is 4.03. The van der Waals surface area contributed by atoms with Gasteiger partial charge in [-0.3, -0.25) is 0 Å². The zero-order valence-corrected chi connectivity index (χ0v) is 18.0. The van der Waals surface area contributed by atoms with Crippen molar-refractivity contribution in [3.63, 3.8) is 0 Å². The van der Waals surface area contributed by atoms with Crippen LogP contribution in [0.25, 0.3) is 22.4 Å². The summed E-state index contributed by atoms with van der Waals surface area (Å²) < 4.78 is 14.6. The Bertz CT molecular complexity index is 1070. The molecular weight excluding hydrogens is 421 g/mol. The number of pyridine rings is 1. The van der Waals surface area contributed by atoms with Gasteiger partial charge in [-0.1, -0.05) is 31.4 Å². The van der Waals surface area contributed by atoms with Gasteiger partial charge in [-0.2, -0.15) is 0 Å². The number of nitrogens with zero attached hydrogens (tertiary/aromatic N) is 3. The van der Waals surface area contributed by atoms with Crippen LogP contribution < -0.4 is 16.0 Å². The molecule has 0 radical (unpaired) electrons. The largest absolute Gasteiger partial charge is 0.363 e. The average Bonchev–Trinajstić information content (AvgIpc) is 3.18. The van der Waals surface area contributed by atoms with E-state index >= 15 is 0 Å². The monoisotopic (exact) mass is 445 g/mol. The molecule has 0 aliphatic heterocycles. The van der Waals surface area contributed by atoms with Crippen molar-refractivity contribution >= 4 is 34.5 Å². The van der Waals surface area contributed by atoms with Crippen LogP contribution in [0.2, 0.25) is 5.02 Å². The van der Waals surface area contributed by atoms with Gasteiger partial charge in [0.15, 0.2) is 17.5 Å². The van der Waals surface area contributed by atoms with Crippen molar-refractivity contribution in [1.82, 2.24) is 30.6 Å². The van der Waals surface area contributed by atoms with Gasteiger partial charge in [-0.05, 0) is 25.3 Å². The van der Waals surface area contributed by atoms with Crippen LogP contribution in [0.3, 0.4) is 0 Å². The number of urea groups is 1. The van der Waals surface area contributed by atoms with E-state index in [2.05, 4.69) is 35.9 Å². The molecule has 3 aromatic rings. The lowest BCUT2D eigenvalue weighted by atomic mass is 9.90. The summed E-state index contributed by atoms with van der Waals surface area (Å²) in [5, 5.41) is 10.3. The molecule has 0 bridgehead atoms. The second kappa shape index (κ2) is 9.47. The molecule has 4 N–H and O–H groups in total. The van der Waals surface area contributed by atoms with Crippen LogP contribution in [-0.2, 0) is 0 Å². The molecule has 31 heavy (non-hydrogen) atoms. The van der Waals surface area contributed by atoms with E-state index in [9.17, 15) is 9.18 Å². The molecule has 8 nitrogen and oxygen atoms in total. The number of aromatic amines is 1. The lowest BCUT2D eigenvalue weighted by molar-refractivity contribution is 0.230. The van der Waals surface area contributed by atoms with Gasteiger partial charge in [0.2, 0.25) is 0 Å². The van der Waals surface area contributed by atoms with E-state index in [1.165, 1.54) is 0 Å². The quantitative estimate of drug-likeness (QED) is 0.453. The van der Waals surface area contributed by atoms with Gasteiger partial charge in [-0.15, -0.1) is 0 Å². The molecule has 2 unspecified atom stereocenters. The Balaban J connectivity index is 1.56. The van der Waals surface area contributed by atoms with Crippen LogP contribution in [0.15, 0.2) is 24.7 Å². The predicted molar refractivity (Wildman–Crippen MR) is 119 cm³/mol. The second-order valence-corrected chi connectivity index (χ2v) is 8.12. The van der Waals surface area contributed by atoms with E-state index in [1.807, 2.05) is 6.92 Å². The summed E-state index contributed by atoms with van der Waals surface area (Å²) in [6.45, 7) is 2.61. The van der Waals surface area contributed by atoms with Crippen molar-refractivity contribution < 1.29 is 9.18 Å². The van der Waals surface area contributed by atoms with Crippen molar-refractivity contribution in [1.29, 1.82) is 0 Å². The number of fused-ring (bicyclic) bond motifs is 1. The fraction of sp³-hybridized carbons (Fsp3) is 0.429. The molecule has 10 heteroatoms. The lowest BCUT2D eigenvalue weighted by Gasteiger charge is -2.33. The molecule has 3 aromatic heterocycles. The highest BCUT2D eigenvalue weighted by molar-refractivity contribution is 6.31. The van der Waals surface area contributed by atoms with Crippen LogP contribution >= 0.6 is 11.6 Å². The summed E-state index contributed by atoms with van der Waals surface area (Å²) in [5.41, 5.74) is 1.33. The van der Waals surface area contributed by atoms with Crippen LogP contribution in [0, 0.1) is 5.82 Å². The van der Waals surface area contributed by atoms with Gasteiger partial charge in [0.1, 0.15) is 5.65 Å². The number of amides is 2. The minimum Gasteiger partial charge on any atom is -0.363 e. The first-order chi connectivity index (χ1) is 15.0. The minimum absolute atomic E-state index is 0.112. The molecule has 1 aliphatic rings. The van der Waals surface area contributed by atoms with Crippen molar-refractivity contribution in [2.24, 2.45) is 0 Å². The first-order valence-corrected chi connectivity index (χ1v) is 10.9. The molecule has 0 saturated heterocycles. The SMILES string of the molecule is CCCNC(=O)NC1CCCCC1Nc1nc(-c2c[nH]c3ncc(Cl)cc23)ncc1F. The molecule has 1 aliphatic carbocycles. The fourth-order valence-electron chi connectivity index (χ4n) is 3.87. The van der Waals surface area contributed by atoms with Gasteiger partial charge >= 0.3 is 6.03 Å². The van der Waals surface area contributed by atoms with Gasteiger partial charge in [0, 0.05) is 35.9 Å². The van der Waals surface area contributed by atoms with Gasteiger partial charge in [0.25, 0.3) is 0 Å². The first kappa shape index (κ1) is 21.3. The number of H-pyrrole nitrogens is 1. The van der Waals surface area contributed by atoms with E-state index in [0.29, 0.717) is 28.6 Å². The molecule has 1 fully saturated rings. The number of carbonyl (C=O) groups is 1. The molecule has 1 saturated carbocycles. The minimum atomic E-state index is -0.542. The molecule has 3 heterocycles. The van der Waals surface area contributed by atoms with Crippen molar-refractivity contribution in [2.45, 2.75) is 51.1 Å². The number of nitrogens with one attached hydrogen (secondary N) is 4. The topological polar surface area (TPSA) is 108 Å². The number of carbonyl (C=O) groups excluding carboxylic acids is 1. The first-order valence-electron chi connectivity index (χ1n) is 10.5. The molecule has 2 atom stereocenters. The Morgan fingerprint density at radius 2 is 2.06 bits per heavy atom. The Hall–Kier alpha value is -2.94. The molecule has 164 valence electrons. The third-order valence-electron chi connectivity index (χ3n) is 5.42. The molecule has 0 spiro atoms. The average molecular weight is 446 g/mol. The van der Waals surface area contributed by atoms with E-state index in [1.54, 1.807) is 18.5 Å². The molecule has 4 rings (SSSR count). The molecule has 0 aromatic carbocycles. The number of aromatic nitrogens is 4. The zero-order valence-electron chi connectivity index (χ0n) is 17.2. The Kier molecular flexibility index (Phi) is 6.50. The van der Waals surface area contributed by atoms with E-state index < -0.39 is 5.82 Å². The number of anilines is 1. The van der Waals surface area contributed by atoms with Crippen LogP contribution in [0.1, 0.15) is 39.0 Å². The Morgan fingerprint density at radius 3 is 2.87 bits per heavy atom. The van der Waals surface area contributed by atoms with Crippen molar-refractivity contribution in [2.75, 3.05) is 11.9 Å². The normalized spacial score (nSPS) is 18.7. The Morgan fingerprint density at radius 1 is 1.26 bits per heavy atom. The summed E-state index contributed by atoms with van der Waals surface area (Å²) in [6.07, 6.45) is 8.94. The smallest absolute Gasteiger partial charge is 0.315 e. The molecular formula is C21H25ClFN7O. The highest BCUT2D eigenvalue weighted by atomic mass is 35.5. The number of rotatable bonds is 6. The van der Waals surface area contributed by atoms with E-state index in [0.717, 1.165) is 43.7 Å². The highest BCUT2D eigenvalue weighted by Crippen LogP contribution is 2.29. The van der Waals surface area contributed by atoms with Crippen LogP contribution in [0.5, 0.6) is 0 Å². The standard InChI is InChI=1S/C21H25ClFN7O/c1-2-7-24-21(31)29-17-6-4-3-5-16(17)28-20-15(23)11-27-19(30-20)14-10-26-18-13(14)8-12(22)9-25-18/h8-11,16-17H,2-7H2,1H3,(H,25,26)(H2,24,29,31)(H,27,28,30). The molecule has 2 amide bonds. The second-order valence-electron chi connectivity index (χ2n) is 7.68. The van der Waals surface area contributed by atoms with Crippen molar-refractivity contribution in [3.8, 4) is 11.4 Å². The number of hydrogen-bond donors (Lipinski definition) is 4. The highest BCUT2D eigenvalue weighted by Gasteiger charge is 2.28. The van der Waals surface area contributed by atoms with Gasteiger partial charge < -0.3 is 20.9 Å². The van der Waals surface area contributed by atoms with Gasteiger partial charge in [-0.25, -0.2) is 24.1 Å². The van der Waals surface area contributed by atoms with Crippen LogP contribution in [0.4, 0.5) is 15.0 Å². The van der Waals surface area contributed by atoms with Crippen LogP contribution in [-0.4, -0.2) is 44.6 Å². The maximum Gasteiger partial charge on any atom is 0.315 e. The number of halogens is 2. The maximum absolute atomic E-state index is 14.6. The van der Waals surface area contributed by atoms with Gasteiger partial charge in [0.05, 0.1) is 17.3 Å². The third kappa shape index (κ3) is 4.87. The Labute approximate surface area is 184 Å². The van der Waals surface area contributed by atoms with Crippen molar-refractivity contribution in [3.05, 3.63) is 35.5 Å². The van der Waals surface area contributed by atoms with E-state index in [-0.39, 0.29) is 23.9 Å². The predicted octanol–water partition coefficient (Wildman–Crippen LogP) is 4.24.